The number of methoxy groups -OCH3 is 1. The van der Waals surface area contributed by atoms with Gasteiger partial charge in [-0.25, -0.2) is 23.8 Å². The van der Waals surface area contributed by atoms with Crippen molar-refractivity contribution < 1.29 is 42.9 Å². The summed E-state index contributed by atoms with van der Waals surface area (Å²) >= 11 is 5.99. The van der Waals surface area contributed by atoms with Crippen molar-refractivity contribution in [3.63, 3.8) is 0 Å². The number of carbonyl (C=O) groups excluding carboxylic acids is 4. The van der Waals surface area contributed by atoms with Crippen LogP contribution in [0, 0.1) is 11.7 Å². The van der Waals surface area contributed by atoms with Crippen LogP contribution in [0.3, 0.4) is 0 Å². The minimum Gasteiger partial charge on any atom is -0.453 e. The van der Waals surface area contributed by atoms with Crippen molar-refractivity contribution in [1.82, 2.24) is 36.4 Å². The predicted octanol–water partition coefficient (Wildman–Crippen LogP) is 1.59. The molecule has 4 N–H and O–H groups in total. The molecular weight excluding hydrogens is 593 g/mol. The van der Waals surface area contributed by atoms with Crippen LogP contribution in [-0.2, 0) is 30.3 Å². The van der Waals surface area contributed by atoms with E-state index in [0.29, 0.717) is 21.7 Å². The second kappa shape index (κ2) is 15.5. The van der Waals surface area contributed by atoms with E-state index in [1.807, 2.05) is 0 Å². The van der Waals surface area contributed by atoms with Crippen molar-refractivity contribution >= 4 is 35.5 Å². The van der Waals surface area contributed by atoms with Crippen LogP contribution in [0.1, 0.15) is 30.0 Å². The highest BCUT2D eigenvalue weighted by Crippen LogP contribution is 2.26. The number of halogens is 2. The van der Waals surface area contributed by atoms with Gasteiger partial charge in [-0.05, 0) is 40.5 Å². The first-order valence-electron chi connectivity index (χ1n) is 12.7. The predicted molar refractivity (Wildman–Crippen MR) is 146 cm³/mol. The van der Waals surface area contributed by atoms with Crippen LogP contribution in [0.25, 0.3) is 11.1 Å². The monoisotopic (exact) mass is 621 g/mol. The van der Waals surface area contributed by atoms with Crippen LogP contribution in [0.4, 0.5) is 9.18 Å². The van der Waals surface area contributed by atoms with Crippen LogP contribution in [0.15, 0.2) is 42.5 Å². The highest BCUT2D eigenvalue weighted by molar-refractivity contribution is 6.30. The number of nitrogens with one attached hydrogen (secondary N) is 3. The van der Waals surface area contributed by atoms with E-state index in [1.165, 1.54) is 23.2 Å². The average molecular weight is 622 g/mol. The van der Waals surface area contributed by atoms with Gasteiger partial charge in [0.15, 0.2) is 6.10 Å². The standard InChI is InChI=1S/C26H29ClFN7O8/c1-14(2)21(29-26(40)41-3)25(39)43-13-42-24(38)20(36)12-35(32-23(37)22-30-33-34-31-22)11-15-4-6-16(7-5-15)18-10-17(27)8-9-19(18)28/h4-10,14,20-21,36H,11-13H2,1-3H3,(H,29,40)(H,32,37)(H,30,31,33,34)/t20-,21+/m1/s1. The number of ether oxygens (including phenoxy) is 3. The lowest BCUT2D eigenvalue weighted by molar-refractivity contribution is -0.175. The Morgan fingerprint density at radius 2 is 1.79 bits per heavy atom. The zero-order valence-electron chi connectivity index (χ0n) is 23.2. The fourth-order valence-electron chi connectivity index (χ4n) is 3.63. The molecule has 0 aliphatic heterocycles. The molecule has 1 aromatic heterocycles. The Morgan fingerprint density at radius 1 is 1.09 bits per heavy atom. The fraction of sp³-hybridized carbons (Fsp3) is 0.346. The number of aromatic nitrogens is 4. The smallest absolute Gasteiger partial charge is 0.407 e. The SMILES string of the molecule is COC(=O)N[C@H](C(=O)OCOC(=O)[C@H](O)CN(Cc1ccc(-c2cc(Cl)ccc2F)cc1)NC(=O)c1nn[nH]n1)C(C)C. The van der Waals surface area contributed by atoms with E-state index >= 15 is 0 Å². The molecule has 0 radical (unpaired) electrons. The van der Waals surface area contributed by atoms with Gasteiger partial charge in [-0.3, -0.25) is 10.2 Å². The molecule has 0 saturated carbocycles. The number of tetrazole rings is 1. The van der Waals surface area contributed by atoms with Crippen molar-refractivity contribution in [3.8, 4) is 11.1 Å². The van der Waals surface area contributed by atoms with Gasteiger partial charge >= 0.3 is 23.9 Å². The van der Waals surface area contributed by atoms with Crippen LogP contribution < -0.4 is 10.7 Å². The maximum Gasteiger partial charge on any atom is 0.407 e. The Bertz CT molecular complexity index is 1410. The Labute approximate surface area is 249 Å². The molecule has 0 spiro atoms. The van der Waals surface area contributed by atoms with Gasteiger partial charge in [0.2, 0.25) is 6.79 Å². The maximum absolute atomic E-state index is 14.3. The fourth-order valence-corrected chi connectivity index (χ4v) is 3.80. The lowest BCUT2D eigenvalue weighted by Gasteiger charge is -2.25. The molecule has 2 atom stereocenters. The van der Waals surface area contributed by atoms with E-state index < -0.39 is 55.2 Å². The number of aliphatic hydroxyl groups excluding tert-OH is 1. The summed E-state index contributed by atoms with van der Waals surface area (Å²) in [6.45, 7) is 1.95. The van der Waals surface area contributed by atoms with E-state index in [2.05, 4.69) is 36.1 Å². The molecule has 0 unspecified atom stereocenters. The lowest BCUT2D eigenvalue weighted by Crippen LogP contribution is -2.48. The summed E-state index contributed by atoms with van der Waals surface area (Å²) in [6.07, 6.45) is -2.66. The van der Waals surface area contributed by atoms with Gasteiger partial charge in [-0.15, -0.1) is 10.2 Å². The number of benzene rings is 2. The average Bonchev–Trinajstić information content (AvgIpc) is 3.52. The normalized spacial score (nSPS) is 12.4. The molecule has 0 fully saturated rings. The van der Waals surface area contributed by atoms with Crippen molar-refractivity contribution in [2.24, 2.45) is 5.92 Å². The van der Waals surface area contributed by atoms with Gasteiger partial charge in [0.1, 0.15) is 11.9 Å². The van der Waals surface area contributed by atoms with Gasteiger partial charge in [0.05, 0.1) is 13.7 Å². The molecule has 17 heteroatoms. The highest BCUT2D eigenvalue weighted by Gasteiger charge is 2.28. The summed E-state index contributed by atoms with van der Waals surface area (Å²) in [5.41, 5.74) is 3.91. The summed E-state index contributed by atoms with van der Waals surface area (Å²) < 4.78 is 28.5. The number of nitrogens with zero attached hydrogens (tertiary/aromatic N) is 4. The number of amides is 2. The number of hydrogen-bond donors (Lipinski definition) is 4. The van der Waals surface area contributed by atoms with Crippen LogP contribution >= 0.6 is 11.6 Å². The quantitative estimate of drug-likeness (QED) is 0.122. The summed E-state index contributed by atoms with van der Waals surface area (Å²) in [5.74, 6) is -3.99. The first-order valence-corrected chi connectivity index (χ1v) is 13.1. The number of carbonyl (C=O) groups is 4. The molecule has 0 bridgehead atoms. The first-order chi connectivity index (χ1) is 20.5. The van der Waals surface area contributed by atoms with Crippen molar-refractivity contribution in [2.45, 2.75) is 32.5 Å². The van der Waals surface area contributed by atoms with Gasteiger partial charge in [0, 0.05) is 17.1 Å². The lowest BCUT2D eigenvalue weighted by atomic mass is 10.0. The molecule has 3 rings (SSSR count). The van der Waals surface area contributed by atoms with Crippen molar-refractivity contribution in [3.05, 3.63) is 64.7 Å². The Balaban J connectivity index is 1.64. The zero-order valence-corrected chi connectivity index (χ0v) is 24.0. The third-order valence-electron chi connectivity index (χ3n) is 5.82. The number of alkyl carbamates (subject to hydrolysis) is 1. The number of esters is 2. The Hall–Kier alpha value is -4.67. The third-order valence-corrected chi connectivity index (χ3v) is 6.06. The molecule has 43 heavy (non-hydrogen) atoms. The first kappa shape index (κ1) is 32.8. The van der Waals surface area contributed by atoms with E-state index in [0.717, 1.165) is 7.11 Å². The zero-order chi connectivity index (χ0) is 31.5. The number of aromatic amines is 1. The number of rotatable bonds is 13. The van der Waals surface area contributed by atoms with Gasteiger partial charge in [0.25, 0.3) is 5.82 Å². The second-order valence-electron chi connectivity index (χ2n) is 9.30. The Kier molecular flexibility index (Phi) is 11.9. The molecule has 2 aromatic carbocycles. The molecular formula is C26H29ClFN7O8. The summed E-state index contributed by atoms with van der Waals surface area (Å²) in [6, 6.07) is 9.69. The summed E-state index contributed by atoms with van der Waals surface area (Å²) in [7, 11) is 1.13. The summed E-state index contributed by atoms with van der Waals surface area (Å²) in [4.78, 5) is 48.8. The molecule has 1 heterocycles. The number of aliphatic hydroxyl groups is 1. The minimum atomic E-state index is -1.81. The Morgan fingerprint density at radius 3 is 2.42 bits per heavy atom. The van der Waals surface area contributed by atoms with Crippen molar-refractivity contribution in [2.75, 3.05) is 20.4 Å². The van der Waals surface area contributed by atoms with E-state index in [4.69, 9.17) is 21.1 Å². The van der Waals surface area contributed by atoms with Gasteiger partial charge in [-0.2, -0.15) is 5.21 Å². The topological polar surface area (TPSA) is 198 Å². The van der Waals surface area contributed by atoms with Gasteiger partial charge in [-0.1, -0.05) is 49.7 Å². The maximum atomic E-state index is 14.3. The van der Waals surface area contributed by atoms with Crippen LogP contribution in [-0.4, -0.2) is 87.3 Å². The molecule has 0 saturated heterocycles. The van der Waals surface area contributed by atoms with Gasteiger partial charge < -0.3 is 24.6 Å². The highest BCUT2D eigenvalue weighted by atomic mass is 35.5. The molecule has 3 aromatic rings. The van der Waals surface area contributed by atoms with Crippen LogP contribution in [0.2, 0.25) is 5.02 Å². The third kappa shape index (κ3) is 9.69. The largest absolute Gasteiger partial charge is 0.453 e. The molecule has 2 amide bonds. The van der Waals surface area contributed by atoms with Crippen molar-refractivity contribution in [1.29, 1.82) is 0 Å². The molecule has 0 aliphatic carbocycles. The van der Waals surface area contributed by atoms with E-state index in [1.54, 1.807) is 38.1 Å². The number of hydrogen-bond acceptors (Lipinski definition) is 12. The van der Waals surface area contributed by atoms with E-state index in [-0.39, 0.29) is 18.3 Å². The summed E-state index contributed by atoms with van der Waals surface area (Å²) in [5, 5.41) is 27.0. The molecule has 15 nitrogen and oxygen atoms in total. The van der Waals surface area contributed by atoms with Crippen LogP contribution in [0.5, 0.6) is 0 Å². The van der Waals surface area contributed by atoms with E-state index in [9.17, 15) is 28.7 Å². The second-order valence-corrected chi connectivity index (χ2v) is 9.73. The minimum absolute atomic E-state index is 0.0313. The molecule has 0 aliphatic rings. The number of H-pyrrole nitrogens is 1. The number of hydrazine groups is 1. The molecule has 230 valence electrons.